The largest absolute Gasteiger partial charge is 0.495 e. The molecule has 0 spiro atoms. The molecule has 1 fully saturated rings. The molecule has 9 heteroatoms. The van der Waals surface area contributed by atoms with E-state index in [4.69, 9.17) is 4.74 Å². The van der Waals surface area contributed by atoms with Crippen molar-refractivity contribution in [3.8, 4) is 11.4 Å². The standard InChI is InChI=1S/C22H26N6O2S/c1-30-19-11-4-3-10-18(19)28-21(27-13-7-2-8-14-27)25-26-22(28)31-16-20(29)24-15-17-9-5-6-12-23-17/h3-6,9-12H,2,7-8,13-16H2,1H3,(H,24,29). The number of rotatable bonds is 8. The van der Waals surface area contributed by atoms with Crippen LogP contribution in [0.4, 0.5) is 5.95 Å². The highest BCUT2D eigenvalue weighted by atomic mass is 32.2. The van der Waals surface area contributed by atoms with Crippen molar-refractivity contribution in [3.63, 3.8) is 0 Å². The molecule has 1 aliphatic rings. The Morgan fingerprint density at radius 3 is 2.68 bits per heavy atom. The van der Waals surface area contributed by atoms with Crippen molar-refractivity contribution in [3.05, 3.63) is 54.4 Å². The minimum Gasteiger partial charge on any atom is -0.495 e. The normalized spacial score (nSPS) is 13.8. The maximum absolute atomic E-state index is 12.4. The number of thioether (sulfide) groups is 1. The number of benzene rings is 1. The predicted molar refractivity (Wildman–Crippen MR) is 121 cm³/mol. The maximum Gasteiger partial charge on any atom is 0.232 e. The number of aromatic nitrogens is 4. The zero-order valence-corrected chi connectivity index (χ0v) is 18.3. The van der Waals surface area contributed by atoms with Crippen LogP contribution in [0.15, 0.2) is 53.8 Å². The predicted octanol–water partition coefficient (Wildman–Crippen LogP) is 3.07. The highest BCUT2D eigenvalue weighted by Crippen LogP contribution is 2.32. The molecule has 4 rings (SSSR count). The fraction of sp³-hybridized carbons (Fsp3) is 0.364. The molecule has 0 bridgehead atoms. The molecule has 1 aliphatic heterocycles. The number of amides is 1. The van der Waals surface area contributed by atoms with Crippen LogP contribution in [0.1, 0.15) is 25.0 Å². The van der Waals surface area contributed by atoms with Gasteiger partial charge in [-0.25, -0.2) is 0 Å². The molecule has 1 amide bonds. The molecule has 31 heavy (non-hydrogen) atoms. The van der Waals surface area contributed by atoms with Crippen LogP contribution in [0, 0.1) is 0 Å². The van der Waals surface area contributed by atoms with E-state index >= 15 is 0 Å². The topological polar surface area (TPSA) is 85.2 Å². The van der Waals surface area contributed by atoms with Gasteiger partial charge in [0.1, 0.15) is 5.75 Å². The van der Waals surface area contributed by atoms with E-state index in [2.05, 4.69) is 25.4 Å². The number of ether oxygens (including phenoxy) is 1. The zero-order chi connectivity index (χ0) is 21.5. The van der Waals surface area contributed by atoms with Crippen molar-refractivity contribution in [1.29, 1.82) is 0 Å². The number of hydrogen-bond acceptors (Lipinski definition) is 7. The summed E-state index contributed by atoms with van der Waals surface area (Å²) in [5.41, 5.74) is 1.69. The number of nitrogens with zero attached hydrogens (tertiary/aromatic N) is 5. The van der Waals surface area contributed by atoms with Crippen molar-refractivity contribution in [1.82, 2.24) is 25.1 Å². The molecule has 1 aromatic carbocycles. The first-order valence-electron chi connectivity index (χ1n) is 10.4. The second-order valence-electron chi connectivity index (χ2n) is 7.22. The number of para-hydroxylation sites is 2. The molecule has 1 N–H and O–H groups in total. The van der Waals surface area contributed by atoms with E-state index in [1.54, 1.807) is 13.3 Å². The smallest absolute Gasteiger partial charge is 0.232 e. The van der Waals surface area contributed by atoms with Crippen LogP contribution < -0.4 is 15.0 Å². The summed E-state index contributed by atoms with van der Waals surface area (Å²) in [7, 11) is 1.65. The van der Waals surface area contributed by atoms with Gasteiger partial charge in [-0.1, -0.05) is 30.0 Å². The van der Waals surface area contributed by atoms with E-state index < -0.39 is 0 Å². The molecule has 0 atom stereocenters. The van der Waals surface area contributed by atoms with Gasteiger partial charge in [0.15, 0.2) is 5.16 Å². The second-order valence-corrected chi connectivity index (χ2v) is 8.17. The maximum atomic E-state index is 12.4. The number of anilines is 1. The number of piperidine rings is 1. The Labute approximate surface area is 186 Å². The number of carbonyl (C=O) groups excluding carboxylic acids is 1. The van der Waals surface area contributed by atoms with Crippen molar-refractivity contribution in [2.45, 2.75) is 31.0 Å². The average molecular weight is 439 g/mol. The molecule has 0 aliphatic carbocycles. The van der Waals surface area contributed by atoms with Gasteiger partial charge in [0.2, 0.25) is 11.9 Å². The third-order valence-corrected chi connectivity index (χ3v) is 6.04. The molecule has 0 saturated carbocycles. The van der Waals surface area contributed by atoms with Crippen molar-refractivity contribution >= 4 is 23.6 Å². The first-order chi connectivity index (χ1) is 15.3. The molecular weight excluding hydrogens is 412 g/mol. The van der Waals surface area contributed by atoms with Crippen molar-refractivity contribution in [2.75, 3.05) is 30.9 Å². The van der Waals surface area contributed by atoms with Crippen LogP contribution in [0.2, 0.25) is 0 Å². The Morgan fingerprint density at radius 1 is 1.10 bits per heavy atom. The monoisotopic (exact) mass is 438 g/mol. The molecule has 2 aromatic heterocycles. The molecule has 3 heterocycles. The molecule has 8 nitrogen and oxygen atoms in total. The molecule has 0 unspecified atom stereocenters. The second kappa shape index (κ2) is 10.3. The Kier molecular flexibility index (Phi) is 7.03. The minimum atomic E-state index is -0.0789. The number of pyridine rings is 1. The summed E-state index contributed by atoms with van der Waals surface area (Å²) in [6.07, 6.45) is 5.22. The Morgan fingerprint density at radius 2 is 1.90 bits per heavy atom. The van der Waals surface area contributed by atoms with Crippen molar-refractivity contribution < 1.29 is 9.53 Å². The van der Waals surface area contributed by atoms with E-state index in [1.165, 1.54) is 18.2 Å². The van der Waals surface area contributed by atoms with Crippen LogP contribution >= 0.6 is 11.8 Å². The van der Waals surface area contributed by atoms with Gasteiger partial charge in [0.05, 0.1) is 30.8 Å². The van der Waals surface area contributed by atoms with Gasteiger partial charge in [0.25, 0.3) is 0 Å². The Bertz CT molecular complexity index is 1000. The van der Waals surface area contributed by atoms with Crippen LogP contribution in [0.5, 0.6) is 5.75 Å². The summed E-state index contributed by atoms with van der Waals surface area (Å²) in [6, 6.07) is 13.4. The lowest BCUT2D eigenvalue weighted by atomic mass is 10.1. The van der Waals surface area contributed by atoms with Gasteiger partial charge in [-0.05, 0) is 43.5 Å². The van der Waals surface area contributed by atoms with E-state index in [-0.39, 0.29) is 11.7 Å². The van der Waals surface area contributed by atoms with Gasteiger partial charge >= 0.3 is 0 Å². The van der Waals surface area contributed by atoms with Gasteiger partial charge in [-0.3, -0.25) is 14.3 Å². The van der Waals surface area contributed by atoms with Crippen LogP contribution in [-0.4, -0.2) is 51.6 Å². The highest BCUT2D eigenvalue weighted by Gasteiger charge is 2.23. The first-order valence-corrected chi connectivity index (χ1v) is 11.4. The van der Waals surface area contributed by atoms with Gasteiger partial charge in [-0.2, -0.15) is 0 Å². The first kappa shape index (κ1) is 21.2. The van der Waals surface area contributed by atoms with E-state index in [0.717, 1.165) is 49.0 Å². The summed E-state index contributed by atoms with van der Waals surface area (Å²) < 4.78 is 7.59. The van der Waals surface area contributed by atoms with E-state index in [9.17, 15) is 4.79 Å². The summed E-state index contributed by atoms with van der Waals surface area (Å²) >= 11 is 1.36. The van der Waals surface area contributed by atoms with Crippen molar-refractivity contribution in [2.24, 2.45) is 0 Å². The molecular formula is C22H26N6O2S. The fourth-order valence-electron chi connectivity index (χ4n) is 3.55. The third kappa shape index (κ3) is 5.16. The molecule has 162 valence electrons. The van der Waals surface area contributed by atoms with E-state index in [1.807, 2.05) is 47.0 Å². The summed E-state index contributed by atoms with van der Waals surface area (Å²) in [4.78, 5) is 18.9. The SMILES string of the molecule is COc1ccccc1-n1c(SCC(=O)NCc2ccccn2)nnc1N1CCCCC1. The summed E-state index contributed by atoms with van der Waals surface area (Å²) in [5, 5.41) is 12.5. The van der Waals surface area contributed by atoms with Gasteiger partial charge in [-0.15, -0.1) is 10.2 Å². The minimum absolute atomic E-state index is 0.0789. The van der Waals surface area contributed by atoms with E-state index in [0.29, 0.717) is 11.7 Å². The van der Waals surface area contributed by atoms with Crippen LogP contribution in [0.25, 0.3) is 5.69 Å². The lowest BCUT2D eigenvalue weighted by Gasteiger charge is -2.28. The average Bonchev–Trinajstić information content (AvgIpc) is 3.26. The van der Waals surface area contributed by atoms with Gasteiger partial charge < -0.3 is 15.0 Å². The fourth-order valence-corrected chi connectivity index (χ4v) is 4.32. The number of hydrogen-bond donors (Lipinski definition) is 1. The molecule has 3 aromatic rings. The molecule has 1 saturated heterocycles. The number of methoxy groups -OCH3 is 1. The zero-order valence-electron chi connectivity index (χ0n) is 17.5. The van der Waals surface area contributed by atoms with Crippen LogP contribution in [-0.2, 0) is 11.3 Å². The lowest BCUT2D eigenvalue weighted by molar-refractivity contribution is -0.118. The molecule has 0 radical (unpaired) electrons. The lowest BCUT2D eigenvalue weighted by Crippen LogP contribution is -2.31. The van der Waals surface area contributed by atoms with Crippen LogP contribution in [0.3, 0.4) is 0 Å². The van der Waals surface area contributed by atoms with Gasteiger partial charge in [0, 0.05) is 19.3 Å². The third-order valence-electron chi connectivity index (χ3n) is 5.11. The summed E-state index contributed by atoms with van der Waals surface area (Å²) in [6.45, 7) is 2.30. The Hall–Kier alpha value is -3.07. The Balaban J connectivity index is 1.53. The number of nitrogens with one attached hydrogen (secondary N) is 1. The summed E-state index contributed by atoms with van der Waals surface area (Å²) in [5.74, 6) is 1.69. The highest BCUT2D eigenvalue weighted by molar-refractivity contribution is 7.99. The number of carbonyl (C=O) groups is 1. The quantitative estimate of drug-likeness (QED) is 0.541.